The standard InChI is InChI=1S/C15H20N6OS/c1-9(6-22-4)18-15-19-13(7-23-15)12-5-10(2)21(11(12)3)14-16-8-17-20-14/h5,7-9H,6H2,1-4H3,(H,18,19)(H,16,17,20)/t9-/m0/s1. The number of methoxy groups -OCH3 is 1. The van der Waals surface area contributed by atoms with Crippen molar-refractivity contribution in [1.29, 1.82) is 0 Å². The summed E-state index contributed by atoms with van der Waals surface area (Å²) in [6.45, 7) is 6.82. The molecule has 0 fully saturated rings. The normalized spacial score (nSPS) is 12.5. The van der Waals surface area contributed by atoms with Crippen molar-refractivity contribution in [3.63, 3.8) is 0 Å². The molecule has 0 aromatic carbocycles. The van der Waals surface area contributed by atoms with Gasteiger partial charge in [0.15, 0.2) is 5.13 Å². The number of nitrogens with zero attached hydrogens (tertiary/aromatic N) is 4. The van der Waals surface area contributed by atoms with Crippen molar-refractivity contribution in [2.24, 2.45) is 0 Å². The molecule has 23 heavy (non-hydrogen) atoms. The SMILES string of the molecule is COC[C@H](C)Nc1nc(-c2cc(C)n(-c3ncn[nH]3)c2C)cs1. The number of nitrogens with one attached hydrogen (secondary N) is 2. The van der Waals surface area contributed by atoms with E-state index in [1.165, 1.54) is 6.33 Å². The molecule has 2 N–H and O–H groups in total. The summed E-state index contributed by atoms with van der Waals surface area (Å²) in [6.07, 6.45) is 1.51. The maximum atomic E-state index is 5.14. The lowest BCUT2D eigenvalue weighted by molar-refractivity contribution is 0.190. The Morgan fingerprint density at radius 3 is 2.96 bits per heavy atom. The Morgan fingerprint density at radius 1 is 1.43 bits per heavy atom. The Balaban J connectivity index is 1.88. The molecule has 3 rings (SSSR count). The molecule has 3 aromatic heterocycles. The van der Waals surface area contributed by atoms with Gasteiger partial charge in [-0.2, -0.15) is 10.1 Å². The number of rotatable bonds is 6. The molecule has 122 valence electrons. The topological polar surface area (TPSA) is 80.7 Å². The first-order valence-corrected chi connectivity index (χ1v) is 8.24. The van der Waals surface area contributed by atoms with E-state index in [2.05, 4.69) is 45.8 Å². The third-order valence-corrected chi connectivity index (χ3v) is 4.39. The highest BCUT2D eigenvalue weighted by Gasteiger charge is 2.16. The number of ether oxygens (including phenoxy) is 1. The van der Waals surface area contributed by atoms with Gasteiger partial charge in [0.25, 0.3) is 0 Å². The third-order valence-electron chi connectivity index (χ3n) is 3.61. The second-order valence-electron chi connectivity index (χ2n) is 5.47. The van der Waals surface area contributed by atoms with E-state index in [0.29, 0.717) is 12.6 Å². The molecule has 0 bridgehead atoms. The van der Waals surface area contributed by atoms with E-state index in [9.17, 15) is 0 Å². The van der Waals surface area contributed by atoms with Gasteiger partial charge in [-0.05, 0) is 26.8 Å². The molecule has 1 atom stereocenters. The largest absolute Gasteiger partial charge is 0.383 e. The van der Waals surface area contributed by atoms with Crippen LogP contribution >= 0.6 is 11.3 Å². The van der Waals surface area contributed by atoms with E-state index in [1.807, 2.05) is 11.5 Å². The van der Waals surface area contributed by atoms with Crippen molar-refractivity contribution >= 4 is 16.5 Å². The molecule has 0 aliphatic heterocycles. The lowest BCUT2D eigenvalue weighted by atomic mass is 10.2. The minimum absolute atomic E-state index is 0.223. The van der Waals surface area contributed by atoms with Gasteiger partial charge in [-0.15, -0.1) is 11.3 Å². The fourth-order valence-electron chi connectivity index (χ4n) is 2.62. The van der Waals surface area contributed by atoms with Crippen LogP contribution in [0, 0.1) is 13.8 Å². The van der Waals surface area contributed by atoms with E-state index < -0.39 is 0 Å². The van der Waals surface area contributed by atoms with Gasteiger partial charge < -0.3 is 10.1 Å². The fourth-order valence-corrected chi connectivity index (χ4v) is 3.44. The zero-order valence-electron chi connectivity index (χ0n) is 13.6. The minimum atomic E-state index is 0.223. The number of H-pyrrole nitrogens is 1. The number of hydrogen-bond acceptors (Lipinski definition) is 6. The molecular weight excluding hydrogens is 312 g/mol. The van der Waals surface area contributed by atoms with E-state index in [1.54, 1.807) is 18.4 Å². The van der Waals surface area contributed by atoms with Crippen LogP contribution in [0.2, 0.25) is 0 Å². The molecule has 3 aromatic rings. The predicted molar refractivity (Wildman–Crippen MR) is 91.3 cm³/mol. The second kappa shape index (κ2) is 6.51. The molecule has 0 amide bonds. The molecule has 0 aliphatic carbocycles. The van der Waals surface area contributed by atoms with Gasteiger partial charge in [0.1, 0.15) is 6.33 Å². The van der Waals surface area contributed by atoms with Crippen molar-refractivity contribution in [2.75, 3.05) is 19.0 Å². The second-order valence-corrected chi connectivity index (χ2v) is 6.33. The van der Waals surface area contributed by atoms with Crippen molar-refractivity contribution in [2.45, 2.75) is 26.8 Å². The average molecular weight is 332 g/mol. The molecule has 7 nitrogen and oxygen atoms in total. The van der Waals surface area contributed by atoms with E-state index in [-0.39, 0.29) is 6.04 Å². The fraction of sp³-hybridized carbons (Fsp3) is 0.400. The van der Waals surface area contributed by atoms with Gasteiger partial charge >= 0.3 is 0 Å². The molecule has 0 aliphatic rings. The van der Waals surface area contributed by atoms with Gasteiger partial charge in [-0.25, -0.2) is 10.1 Å². The Kier molecular flexibility index (Phi) is 4.44. The first kappa shape index (κ1) is 15.7. The number of anilines is 1. The van der Waals surface area contributed by atoms with Crippen molar-refractivity contribution in [3.05, 3.63) is 29.2 Å². The molecule has 8 heteroatoms. The average Bonchev–Trinajstić information content (AvgIpc) is 3.21. The molecule has 0 unspecified atom stereocenters. The van der Waals surface area contributed by atoms with Gasteiger partial charge in [0.2, 0.25) is 5.95 Å². The van der Waals surface area contributed by atoms with Crippen molar-refractivity contribution < 1.29 is 4.74 Å². The molecule has 0 radical (unpaired) electrons. The highest BCUT2D eigenvalue weighted by molar-refractivity contribution is 7.14. The van der Waals surface area contributed by atoms with Crippen LogP contribution in [0.5, 0.6) is 0 Å². The first-order valence-electron chi connectivity index (χ1n) is 7.36. The number of aromatic amines is 1. The third kappa shape index (κ3) is 3.13. The summed E-state index contributed by atoms with van der Waals surface area (Å²) in [5, 5.41) is 13.1. The quantitative estimate of drug-likeness (QED) is 0.725. The predicted octanol–water partition coefficient (Wildman–Crippen LogP) is 2.78. The Hall–Kier alpha value is -2.19. The molecule has 0 saturated heterocycles. The summed E-state index contributed by atoms with van der Waals surface area (Å²) in [5.41, 5.74) is 4.23. The molecular formula is C15H20N6OS. The summed E-state index contributed by atoms with van der Waals surface area (Å²) >= 11 is 1.60. The van der Waals surface area contributed by atoms with Gasteiger partial charge in [0.05, 0.1) is 12.3 Å². The van der Waals surface area contributed by atoms with E-state index in [0.717, 1.165) is 27.8 Å². The lowest BCUT2D eigenvalue weighted by Crippen LogP contribution is -2.20. The van der Waals surface area contributed by atoms with Crippen molar-refractivity contribution in [3.8, 4) is 17.2 Å². The summed E-state index contributed by atoms with van der Waals surface area (Å²) < 4.78 is 7.19. The van der Waals surface area contributed by atoms with Crippen LogP contribution in [0.15, 0.2) is 17.8 Å². The maximum absolute atomic E-state index is 5.14. The summed E-state index contributed by atoms with van der Waals surface area (Å²) in [5.74, 6) is 0.716. The zero-order valence-corrected chi connectivity index (χ0v) is 14.4. The van der Waals surface area contributed by atoms with E-state index >= 15 is 0 Å². The summed E-state index contributed by atoms with van der Waals surface area (Å²) in [4.78, 5) is 8.92. The van der Waals surface area contributed by atoms with Crippen LogP contribution in [0.25, 0.3) is 17.2 Å². The number of thiazole rings is 1. The molecule has 3 heterocycles. The number of aryl methyl sites for hydroxylation is 1. The Labute approximate surface area is 138 Å². The Bertz CT molecular complexity index is 776. The van der Waals surface area contributed by atoms with Crippen LogP contribution in [0.4, 0.5) is 5.13 Å². The van der Waals surface area contributed by atoms with Crippen LogP contribution in [0.3, 0.4) is 0 Å². The van der Waals surface area contributed by atoms with Crippen LogP contribution in [0.1, 0.15) is 18.3 Å². The maximum Gasteiger partial charge on any atom is 0.229 e. The molecule has 0 saturated carbocycles. The Morgan fingerprint density at radius 2 is 2.26 bits per heavy atom. The van der Waals surface area contributed by atoms with Crippen LogP contribution in [-0.4, -0.2) is 44.5 Å². The van der Waals surface area contributed by atoms with Crippen molar-refractivity contribution in [1.82, 2.24) is 24.7 Å². The first-order chi connectivity index (χ1) is 11.1. The monoisotopic (exact) mass is 332 g/mol. The zero-order chi connectivity index (χ0) is 16.4. The smallest absolute Gasteiger partial charge is 0.229 e. The van der Waals surface area contributed by atoms with Crippen LogP contribution < -0.4 is 5.32 Å². The van der Waals surface area contributed by atoms with Gasteiger partial charge in [0, 0.05) is 35.5 Å². The lowest BCUT2D eigenvalue weighted by Gasteiger charge is -2.10. The van der Waals surface area contributed by atoms with Crippen LogP contribution in [-0.2, 0) is 4.74 Å². The highest BCUT2D eigenvalue weighted by Crippen LogP contribution is 2.31. The van der Waals surface area contributed by atoms with Gasteiger partial charge in [-0.3, -0.25) is 4.57 Å². The van der Waals surface area contributed by atoms with E-state index in [4.69, 9.17) is 9.72 Å². The molecule has 0 spiro atoms. The summed E-state index contributed by atoms with van der Waals surface area (Å²) in [7, 11) is 1.70. The minimum Gasteiger partial charge on any atom is -0.383 e. The van der Waals surface area contributed by atoms with Gasteiger partial charge in [-0.1, -0.05) is 0 Å². The summed E-state index contributed by atoms with van der Waals surface area (Å²) in [6, 6.07) is 2.34. The highest BCUT2D eigenvalue weighted by atomic mass is 32.1. The number of aromatic nitrogens is 5. The number of hydrogen-bond donors (Lipinski definition) is 2.